The van der Waals surface area contributed by atoms with Crippen LogP contribution in [0.2, 0.25) is 10.0 Å². The maximum atomic E-state index is 13.3. The van der Waals surface area contributed by atoms with Crippen LogP contribution in [-0.4, -0.2) is 20.6 Å². The van der Waals surface area contributed by atoms with Crippen molar-refractivity contribution in [1.82, 2.24) is 4.72 Å². The van der Waals surface area contributed by atoms with E-state index < -0.39 is 39.0 Å². The highest BCUT2D eigenvalue weighted by Crippen LogP contribution is 2.39. The van der Waals surface area contributed by atoms with E-state index in [2.05, 4.69) is 0 Å². The zero-order valence-corrected chi connectivity index (χ0v) is 15.2. The summed E-state index contributed by atoms with van der Waals surface area (Å²) in [5, 5.41) is 0.282. The highest BCUT2D eigenvalue weighted by molar-refractivity contribution is 7.89. The molecule has 0 atom stereocenters. The van der Waals surface area contributed by atoms with Gasteiger partial charge in [0.15, 0.2) is 0 Å². The number of carbonyl (C=O) groups is 1. The van der Waals surface area contributed by atoms with Crippen molar-refractivity contribution in [3.05, 3.63) is 57.6 Å². The largest absolute Gasteiger partial charge is 0.457 e. The number of benzene rings is 2. The molecule has 0 bridgehead atoms. The normalized spacial score (nSPS) is 11.9. The van der Waals surface area contributed by atoms with Crippen molar-refractivity contribution in [1.29, 1.82) is 0 Å². The minimum absolute atomic E-state index is 0.00163. The predicted octanol–water partition coefficient (Wildman–Crippen LogP) is 4.49. The monoisotopic (exact) mass is 427 g/mol. The Labute approximate surface area is 156 Å². The molecule has 1 amide bonds. The lowest BCUT2D eigenvalue weighted by Gasteiger charge is -2.15. The highest BCUT2D eigenvalue weighted by Gasteiger charge is 2.35. The quantitative estimate of drug-likeness (QED) is 0.779. The van der Waals surface area contributed by atoms with E-state index in [1.165, 1.54) is 18.2 Å². The molecule has 0 aliphatic carbocycles. The van der Waals surface area contributed by atoms with Gasteiger partial charge in [0.1, 0.15) is 11.5 Å². The lowest BCUT2D eigenvalue weighted by molar-refractivity contribution is -0.138. The molecular formula is C15H10Cl2F3NO4S. The van der Waals surface area contributed by atoms with Crippen LogP contribution >= 0.6 is 23.2 Å². The van der Waals surface area contributed by atoms with E-state index in [1.54, 1.807) is 4.72 Å². The van der Waals surface area contributed by atoms with E-state index >= 15 is 0 Å². The third kappa shape index (κ3) is 5.26. The van der Waals surface area contributed by atoms with Crippen LogP contribution in [-0.2, 0) is 16.2 Å². The molecule has 2 aromatic rings. The zero-order valence-electron chi connectivity index (χ0n) is 12.9. The third-order valence-corrected chi connectivity index (χ3v) is 4.24. The first-order valence-electron chi connectivity index (χ1n) is 6.73. The maximum Gasteiger partial charge on any atom is 0.420 e. The SMILES string of the molecule is CS(=O)(=O)NC(=O)c1ccc(Oc2ccc(Cl)c(Cl)c2)c(C(F)(F)F)c1. The Morgan fingerprint density at radius 1 is 1.08 bits per heavy atom. The van der Waals surface area contributed by atoms with Crippen LogP contribution in [0.15, 0.2) is 36.4 Å². The van der Waals surface area contributed by atoms with Gasteiger partial charge >= 0.3 is 6.18 Å². The number of sulfonamides is 1. The van der Waals surface area contributed by atoms with Crippen LogP contribution in [0, 0.1) is 0 Å². The van der Waals surface area contributed by atoms with E-state index in [0.717, 1.165) is 12.1 Å². The summed E-state index contributed by atoms with van der Waals surface area (Å²) in [6.07, 6.45) is -4.15. The van der Waals surface area contributed by atoms with Crippen molar-refractivity contribution in [2.75, 3.05) is 6.26 Å². The Morgan fingerprint density at radius 2 is 1.73 bits per heavy atom. The molecule has 0 aliphatic heterocycles. The Balaban J connectivity index is 2.43. The van der Waals surface area contributed by atoms with Gasteiger partial charge in [0, 0.05) is 11.6 Å². The lowest BCUT2D eigenvalue weighted by atomic mass is 10.1. The van der Waals surface area contributed by atoms with Crippen LogP contribution in [0.5, 0.6) is 11.5 Å². The molecule has 0 aliphatic rings. The van der Waals surface area contributed by atoms with Crippen LogP contribution in [0.25, 0.3) is 0 Å². The summed E-state index contributed by atoms with van der Waals surface area (Å²) in [6, 6.07) is 6.30. The highest BCUT2D eigenvalue weighted by atomic mass is 35.5. The van der Waals surface area contributed by atoms with Gasteiger partial charge in [-0.15, -0.1) is 0 Å². The average Bonchev–Trinajstić information content (AvgIpc) is 2.48. The van der Waals surface area contributed by atoms with E-state index in [4.69, 9.17) is 27.9 Å². The Kier molecular flexibility index (Phi) is 5.74. The summed E-state index contributed by atoms with van der Waals surface area (Å²) >= 11 is 11.5. The van der Waals surface area contributed by atoms with Crippen molar-refractivity contribution < 1.29 is 31.1 Å². The molecule has 140 valence electrons. The van der Waals surface area contributed by atoms with Gasteiger partial charge in [0.2, 0.25) is 10.0 Å². The van der Waals surface area contributed by atoms with Gasteiger partial charge in [-0.1, -0.05) is 23.2 Å². The lowest BCUT2D eigenvalue weighted by Crippen LogP contribution is -2.29. The Hall–Kier alpha value is -1.97. The molecule has 0 aromatic heterocycles. The number of halogens is 5. The van der Waals surface area contributed by atoms with Gasteiger partial charge in [0.25, 0.3) is 5.91 Å². The standard InChI is InChI=1S/C15H10Cl2F3NO4S/c1-26(23,24)21-14(22)8-2-5-13(10(6-8)15(18,19)20)25-9-3-4-11(16)12(17)7-9/h2-7H,1H3,(H,21,22). The second kappa shape index (κ2) is 7.34. The molecule has 2 rings (SSSR count). The summed E-state index contributed by atoms with van der Waals surface area (Å²) in [5.41, 5.74) is -1.76. The van der Waals surface area contributed by atoms with E-state index in [-0.39, 0.29) is 15.8 Å². The van der Waals surface area contributed by atoms with Gasteiger partial charge in [-0.25, -0.2) is 13.1 Å². The number of alkyl halides is 3. The third-order valence-electron chi connectivity index (χ3n) is 2.94. The minimum atomic E-state index is -4.85. The van der Waals surface area contributed by atoms with Gasteiger partial charge in [0.05, 0.1) is 21.9 Å². The fourth-order valence-electron chi connectivity index (χ4n) is 1.88. The van der Waals surface area contributed by atoms with Gasteiger partial charge in [-0.2, -0.15) is 13.2 Å². The molecule has 1 N–H and O–H groups in total. The number of rotatable bonds is 4. The molecular weight excluding hydrogens is 418 g/mol. The molecule has 11 heteroatoms. The smallest absolute Gasteiger partial charge is 0.420 e. The molecule has 0 spiro atoms. The number of hydrogen-bond acceptors (Lipinski definition) is 4. The van der Waals surface area contributed by atoms with Crippen molar-refractivity contribution in [3.8, 4) is 11.5 Å². The van der Waals surface area contributed by atoms with E-state index in [9.17, 15) is 26.4 Å². The molecule has 26 heavy (non-hydrogen) atoms. The summed E-state index contributed by atoms with van der Waals surface area (Å²) in [7, 11) is -3.93. The Bertz CT molecular complexity index is 962. The average molecular weight is 428 g/mol. The summed E-state index contributed by atoms with van der Waals surface area (Å²) in [4.78, 5) is 11.8. The molecule has 0 heterocycles. The summed E-state index contributed by atoms with van der Waals surface area (Å²) in [6.45, 7) is 0. The zero-order chi connectivity index (χ0) is 19.7. The number of ether oxygens (including phenoxy) is 1. The molecule has 0 saturated carbocycles. The van der Waals surface area contributed by atoms with Crippen molar-refractivity contribution >= 4 is 39.1 Å². The van der Waals surface area contributed by atoms with E-state index in [1.807, 2.05) is 0 Å². The molecule has 0 saturated heterocycles. The first kappa shape index (κ1) is 20.3. The fourth-order valence-corrected chi connectivity index (χ4v) is 2.62. The maximum absolute atomic E-state index is 13.3. The van der Waals surface area contributed by atoms with Gasteiger partial charge < -0.3 is 4.74 Å². The minimum Gasteiger partial charge on any atom is -0.457 e. The van der Waals surface area contributed by atoms with Crippen LogP contribution in [0.3, 0.4) is 0 Å². The van der Waals surface area contributed by atoms with Gasteiger partial charge in [-0.3, -0.25) is 4.79 Å². The van der Waals surface area contributed by atoms with Crippen LogP contribution in [0.4, 0.5) is 13.2 Å². The van der Waals surface area contributed by atoms with Crippen molar-refractivity contribution in [2.45, 2.75) is 6.18 Å². The molecule has 2 aromatic carbocycles. The molecule has 0 unspecified atom stereocenters. The second-order valence-corrected chi connectivity index (χ2v) is 7.65. The first-order valence-corrected chi connectivity index (χ1v) is 9.38. The van der Waals surface area contributed by atoms with Gasteiger partial charge in [-0.05, 0) is 30.3 Å². The number of nitrogens with one attached hydrogen (secondary N) is 1. The van der Waals surface area contributed by atoms with Crippen LogP contribution in [0.1, 0.15) is 15.9 Å². The topological polar surface area (TPSA) is 72.5 Å². The Morgan fingerprint density at radius 3 is 2.27 bits per heavy atom. The fraction of sp³-hybridized carbons (Fsp3) is 0.133. The number of carbonyl (C=O) groups excluding carboxylic acids is 1. The summed E-state index contributed by atoms with van der Waals surface area (Å²) in [5.74, 6) is -1.79. The van der Waals surface area contributed by atoms with Crippen molar-refractivity contribution in [2.24, 2.45) is 0 Å². The first-order chi connectivity index (χ1) is 11.9. The van der Waals surface area contributed by atoms with E-state index in [0.29, 0.717) is 12.3 Å². The number of hydrogen-bond donors (Lipinski definition) is 1. The van der Waals surface area contributed by atoms with Crippen molar-refractivity contribution in [3.63, 3.8) is 0 Å². The molecule has 0 radical (unpaired) electrons. The predicted molar refractivity (Wildman–Crippen MR) is 90.3 cm³/mol. The number of amides is 1. The molecule has 5 nitrogen and oxygen atoms in total. The summed E-state index contributed by atoms with van der Waals surface area (Å²) < 4.78 is 68.8. The van der Waals surface area contributed by atoms with Crippen LogP contribution < -0.4 is 9.46 Å². The second-order valence-electron chi connectivity index (χ2n) is 5.09. The molecule has 0 fully saturated rings.